The molecule has 9 aromatic carbocycles. The number of nitrogens with one attached hydrogen (secondary N) is 1. The molecule has 5 heteroatoms. The van der Waals surface area contributed by atoms with E-state index in [1.807, 2.05) is 36.4 Å². The zero-order valence-corrected chi connectivity index (χ0v) is 30.1. The minimum absolute atomic E-state index is 0.307. The number of aromatic nitrogens is 1. The molecule has 0 amide bonds. The van der Waals surface area contributed by atoms with Gasteiger partial charge in [0.1, 0.15) is 23.2 Å². The number of fused-ring (bicyclic) bond motifs is 6. The first-order chi connectivity index (χ1) is 27.7. The van der Waals surface area contributed by atoms with Gasteiger partial charge in [0.05, 0.1) is 16.7 Å². The van der Waals surface area contributed by atoms with Crippen molar-refractivity contribution in [1.82, 2.24) is 9.88 Å². The van der Waals surface area contributed by atoms with Gasteiger partial charge in [0.2, 0.25) is 0 Å². The molecule has 0 saturated carbocycles. The molecule has 0 aliphatic carbocycles. The van der Waals surface area contributed by atoms with Crippen molar-refractivity contribution in [3.05, 3.63) is 199 Å². The Balaban J connectivity index is 0.997. The highest BCUT2D eigenvalue weighted by molar-refractivity contribution is 6.33. The lowest BCUT2D eigenvalue weighted by atomic mass is 9.94. The summed E-state index contributed by atoms with van der Waals surface area (Å²) >= 11 is 0. The van der Waals surface area contributed by atoms with Crippen molar-refractivity contribution >= 4 is 77.0 Å². The van der Waals surface area contributed by atoms with Gasteiger partial charge in [-0.25, -0.2) is 9.98 Å². The Bertz CT molecular complexity index is 3390. The third kappa shape index (κ3) is 4.67. The van der Waals surface area contributed by atoms with Gasteiger partial charge in [-0.15, -0.1) is 0 Å². The van der Waals surface area contributed by atoms with Gasteiger partial charge in [-0.3, -0.25) is 0 Å². The molecular formula is C51H32N4O. The highest BCUT2D eigenvalue weighted by Gasteiger charge is 2.23. The maximum absolute atomic E-state index is 6.61. The predicted molar refractivity (Wildman–Crippen MR) is 232 cm³/mol. The third-order valence-electron chi connectivity index (χ3n) is 11.4. The second kappa shape index (κ2) is 12.0. The quantitative estimate of drug-likeness (QED) is 0.180. The summed E-state index contributed by atoms with van der Waals surface area (Å²) in [6.45, 7) is 0. The van der Waals surface area contributed by atoms with E-state index in [-0.39, 0.29) is 6.17 Å². The van der Waals surface area contributed by atoms with Gasteiger partial charge in [-0.2, -0.15) is 0 Å². The van der Waals surface area contributed by atoms with Crippen LogP contribution in [0.25, 0.3) is 82.1 Å². The third-order valence-corrected chi connectivity index (χ3v) is 11.4. The highest BCUT2D eigenvalue weighted by atomic mass is 16.3. The lowest BCUT2D eigenvalue weighted by molar-refractivity contribution is 0.669. The molecule has 1 aliphatic heterocycles. The molecule has 0 bridgehead atoms. The molecular weight excluding hydrogens is 685 g/mol. The molecule has 1 aliphatic rings. The first kappa shape index (κ1) is 30.9. The lowest BCUT2D eigenvalue weighted by Crippen LogP contribution is -2.33. The average molecular weight is 717 g/mol. The van der Waals surface area contributed by atoms with Gasteiger partial charge >= 0.3 is 0 Å². The number of hydrogen-bond donors (Lipinski definition) is 1. The van der Waals surface area contributed by atoms with Crippen LogP contribution in [-0.2, 0) is 0 Å². The summed E-state index contributed by atoms with van der Waals surface area (Å²) in [5.74, 6) is 1.52. The van der Waals surface area contributed by atoms with Crippen LogP contribution in [0.15, 0.2) is 196 Å². The van der Waals surface area contributed by atoms with E-state index in [0.29, 0.717) is 5.84 Å². The Morgan fingerprint density at radius 2 is 1.09 bits per heavy atom. The number of furan rings is 1. The Morgan fingerprint density at radius 3 is 1.93 bits per heavy atom. The molecule has 2 aromatic heterocycles. The maximum Gasteiger partial charge on any atom is 0.159 e. The predicted octanol–water partition coefficient (Wildman–Crippen LogP) is 12.6. The smallest absolute Gasteiger partial charge is 0.159 e. The standard InChI is InChI=1S/C51H32N4O/c1-3-13-31(14-4-1)49-52-50(32-15-5-2-6-16-32)54-51(53-49)35-18-11-17-33(27-35)34-25-26-44-41(28-34)39-21-9-10-23-43(39)55(44)36-29-42-38-20-8-7-19-37(38)40-22-12-24-45-47(40)48(42)46(30-36)56-45/h1-30,51H,(H,52,53,54). The van der Waals surface area contributed by atoms with E-state index >= 15 is 0 Å². The number of rotatable bonds is 5. The van der Waals surface area contributed by atoms with Crippen molar-refractivity contribution in [2.45, 2.75) is 6.17 Å². The van der Waals surface area contributed by atoms with Gasteiger partial charge in [0, 0.05) is 38.7 Å². The van der Waals surface area contributed by atoms with E-state index < -0.39 is 0 Å². The maximum atomic E-state index is 6.61. The van der Waals surface area contributed by atoms with E-state index in [0.717, 1.165) is 61.5 Å². The van der Waals surface area contributed by atoms with Crippen LogP contribution in [0.2, 0.25) is 0 Å². The van der Waals surface area contributed by atoms with E-state index in [9.17, 15) is 0 Å². The summed E-state index contributed by atoms with van der Waals surface area (Å²) in [5.41, 5.74) is 10.6. The zero-order chi connectivity index (χ0) is 36.7. The molecule has 1 N–H and O–H groups in total. The van der Waals surface area contributed by atoms with Crippen LogP contribution in [-0.4, -0.2) is 16.2 Å². The number of benzene rings is 9. The Kier molecular flexibility index (Phi) is 6.63. The summed E-state index contributed by atoms with van der Waals surface area (Å²) in [6.07, 6.45) is -0.307. The fourth-order valence-corrected chi connectivity index (χ4v) is 8.85. The van der Waals surface area contributed by atoms with Crippen molar-refractivity contribution in [1.29, 1.82) is 0 Å². The number of nitrogens with zero attached hydrogens (tertiary/aromatic N) is 3. The molecule has 0 saturated heterocycles. The summed E-state index contributed by atoms with van der Waals surface area (Å²) in [7, 11) is 0. The van der Waals surface area contributed by atoms with Crippen LogP contribution in [0, 0.1) is 0 Å². The molecule has 56 heavy (non-hydrogen) atoms. The molecule has 5 nitrogen and oxygen atoms in total. The Morgan fingerprint density at radius 1 is 0.446 bits per heavy atom. The number of amidine groups is 2. The molecule has 262 valence electrons. The topological polar surface area (TPSA) is 54.8 Å². The molecule has 1 atom stereocenters. The molecule has 0 fully saturated rings. The van der Waals surface area contributed by atoms with Crippen molar-refractivity contribution in [2.75, 3.05) is 0 Å². The second-order valence-corrected chi connectivity index (χ2v) is 14.6. The first-order valence-electron chi connectivity index (χ1n) is 19.0. The summed E-state index contributed by atoms with van der Waals surface area (Å²) in [4.78, 5) is 10.1. The van der Waals surface area contributed by atoms with Gasteiger partial charge in [-0.1, -0.05) is 140 Å². The van der Waals surface area contributed by atoms with Crippen LogP contribution < -0.4 is 5.32 Å². The van der Waals surface area contributed by atoms with E-state index in [1.165, 1.54) is 43.1 Å². The molecule has 0 spiro atoms. The normalized spacial score (nSPS) is 14.6. The van der Waals surface area contributed by atoms with Crippen LogP contribution in [0.3, 0.4) is 0 Å². The van der Waals surface area contributed by atoms with Gasteiger partial charge in [-0.05, 0) is 74.6 Å². The van der Waals surface area contributed by atoms with E-state index in [2.05, 4.69) is 155 Å². The van der Waals surface area contributed by atoms with Gasteiger partial charge in [0.25, 0.3) is 0 Å². The van der Waals surface area contributed by atoms with E-state index in [1.54, 1.807) is 0 Å². The zero-order valence-electron chi connectivity index (χ0n) is 30.1. The van der Waals surface area contributed by atoms with Crippen molar-refractivity contribution in [3.8, 4) is 16.8 Å². The van der Waals surface area contributed by atoms with Crippen molar-refractivity contribution < 1.29 is 4.42 Å². The monoisotopic (exact) mass is 716 g/mol. The van der Waals surface area contributed by atoms with Gasteiger partial charge < -0.3 is 14.3 Å². The van der Waals surface area contributed by atoms with Crippen LogP contribution in [0.4, 0.5) is 0 Å². The van der Waals surface area contributed by atoms with Crippen LogP contribution in [0.5, 0.6) is 0 Å². The minimum Gasteiger partial charge on any atom is -0.456 e. The molecule has 1 unspecified atom stereocenters. The molecule has 3 heterocycles. The fraction of sp³-hybridized carbons (Fsp3) is 0.0196. The summed E-state index contributed by atoms with van der Waals surface area (Å²) in [5, 5.41) is 13.3. The van der Waals surface area contributed by atoms with E-state index in [4.69, 9.17) is 14.4 Å². The Labute approximate surface area is 321 Å². The summed E-state index contributed by atoms with van der Waals surface area (Å²) in [6, 6.07) is 64.4. The number of hydrogen-bond acceptors (Lipinski definition) is 4. The SMILES string of the molecule is c1ccc(C2=NC(c3cccc(-c4ccc5c(c4)c4ccccc4n5-c4cc5oc6cccc7c8ccccc8c(c4)c5c67)c3)NC(c3ccccc3)=N2)cc1. The second-order valence-electron chi connectivity index (χ2n) is 14.6. The summed E-state index contributed by atoms with van der Waals surface area (Å²) < 4.78 is 9.01. The van der Waals surface area contributed by atoms with Crippen molar-refractivity contribution in [2.24, 2.45) is 9.98 Å². The lowest BCUT2D eigenvalue weighted by Gasteiger charge is -2.24. The number of para-hydroxylation sites is 1. The van der Waals surface area contributed by atoms with Crippen molar-refractivity contribution in [3.63, 3.8) is 0 Å². The average Bonchev–Trinajstić information content (AvgIpc) is 3.82. The van der Waals surface area contributed by atoms with Crippen LogP contribution in [0.1, 0.15) is 22.9 Å². The number of aliphatic imine (C=N–C) groups is 2. The molecule has 12 rings (SSSR count). The Hall–Kier alpha value is -7.50. The molecule has 11 aromatic rings. The largest absolute Gasteiger partial charge is 0.456 e. The minimum atomic E-state index is -0.307. The molecule has 0 radical (unpaired) electrons. The van der Waals surface area contributed by atoms with Gasteiger partial charge in [0.15, 0.2) is 5.84 Å². The first-order valence-corrected chi connectivity index (χ1v) is 19.0. The fourth-order valence-electron chi connectivity index (χ4n) is 8.85. The van der Waals surface area contributed by atoms with Crippen LogP contribution >= 0.6 is 0 Å². The highest BCUT2D eigenvalue weighted by Crippen LogP contribution is 2.44.